The van der Waals surface area contributed by atoms with Crippen LogP contribution in [-0.2, 0) is 17.3 Å². The molecule has 0 bridgehead atoms. The van der Waals surface area contributed by atoms with Gasteiger partial charge in [-0.3, -0.25) is 0 Å². The first-order valence-corrected chi connectivity index (χ1v) is 5.33. The molecule has 82 valence electrons. The second-order valence-corrected chi connectivity index (χ2v) is 3.12. The first-order chi connectivity index (χ1) is 7.01. The fraction of sp³-hybridized carbons (Fsp3) is 0.222. The van der Waals surface area contributed by atoms with Crippen molar-refractivity contribution in [2.24, 2.45) is 5.14 Å². The first kappa shape index (κ1) is 13.5. The highest BCUT2D eigenvalue weighted by Gasteiger charge is 1.99. The fourth-order valence-electron chi connectivity index (χ4n) is 0.961. The van der Waals surface area contributed by atoms with Crippen LogP contribution in [0.25, 0.3) is 0 Å². The lowest BCUT2D eigenvalue weighted by Crippen LogP contribution is -1.87. The molecule has 6 heteroatoms. The van der Waals surface area contributed by atoms with Crippen LogP contribution in [0.4, 0.5) is 4.39 Å². The predicted molar refractivity (Wildman–Crippen MR) is 55.0 cm³/mol. The molecule has 15 heavy (non-hydrogen) atoms. The zero-order valence-corrected chi connectivity index (χ0v) is 9.00. The van der Waals surface area contributed by atoms with Gasteiger partial charge in [-0.25, -0.2) is 17.9 Å². The molecule has 0 amide bonds. The maximum atomic E-state index is 12.5. The van der Waals surface area contributed by atoms with Crippen LogP contribution in [0.15, 0.2) is 18.2 Å². The monoisotopic (exact) mass is 230 g/mol. The Morgan fingerprint density at radius 2 is 2.07 bits per heavy atom. The molecule has 0 aromatic heterocycles. The van der Waals surface area contributed by atoms with Gasteiger partial charge in [0.15, 0.2) is 10.9 Å². The molecule has 4 nitrogen and oxygen atoms in total. The lowest BCUT2D eigenvalue weighted by molar-refractivity contribution is 0.616. The van der Waals surface area contributed by atoms with Gasteiger partial charge in [-0.2, -0.15) is 5.26 Å². The molecule has 0 aliphatic heterocycles. The second kappa shape index (κ2) is 6.92. The van der Waals surface area contributed by atoms with Crippen molar-refractivity contribution < 1.29 is 12.8 Å². The van der Waals surface area contributed by atoms with Crippen molar-refractivity contribution in [2.45, 2.75) is 13.3 Å². The van der Waals surface area contributed by atoms with Crippen molar-refractivity contribution in [1.82, 2.24) is 0 Å². The van der Waals surface area contributed by atoms with Gasteiger partial charge in [-0.1, -0.05) is 13.0 Å². The van der Waals surface area contributed by atoms with E-state index >= 15 is 0 Å². The molecular formula is C9H11FN2O2S. The first-order valence-electron chi connectivity index (χ1n) is 4.08. The van der Waals surface area contributed by atoms with E-state index in [0.717, 1.165) is 12.0 Å². The average Bonchev–Trinajstić information content (AvgIpc) is 2.16. The third-order valence-corrected chi connectivity index (χ3v) is 1.57. The Balaban J connectivity index is 0.000000423. The molecule has 0 saturated carbocycles. The fourth-order valence-corrected chi connectivity index (χ4v) is 0.961. The van der Waals surface area contributed by atoms with Gasteiger partial charge in [0, 0.05) is 0 Å². The Kier molecular flexibility index (Phi) is 6.25. The van der Waals surface area contributed by atoms with Crippen LogP contribution in [0.3, 0.4) is 0 Å². The molecule has 1 rings (SSSR count). The Labute approximate surface area is 89.2 Å². The van der Waals surface area contributed by atoms with Gasteiger partial charge in [-0.05, 0) is 24.1 Å². The van der Waals surface area contributed by atoms with E-state index in [9.17, 15) is 4.39 Å². The van der Waals surface area contributed by atoms with Crippen molar-refractivity contribution in [2.75, 3.05) is 0 Å². The Bertz CT molecular complexity index is 430. The number of hydrogen-bond donors (Lipinski definition) is 2. The van der Waals surface area contributed by atoms with E-state index in [1.807, 2.05) is 13.0 Å². The normalized spacial score (nSPS) is 9.00. The molecule has 0 unspecified atom stereocenters. The number of thiol groups is 1. The van der Waals surface area contributed by atoms with Crippen molar-refractivity contribution in [3.8, 4) is 6.07 Å². The number of nitrogens with two attached hydrogens (primary N) is 1. The zero-order valence-electron chi connectivity index (χ0n) is 8.11. The standard InChI is InChI=1S/C9H8FN.H3NO2S/c1-2-7-3-4-9(10)5-8(7)6-11;1-4(2)3/h3-5H,2H2,1H3;4H,(H2,1,2,3). The molecule has 0 spiro atoms. The van der Waals surface area contributed by atoms with E-state index in [-0.39, 0.29) is 5.82 Å². The Morgan fingerprint density at radius 1 is 1.53 bits per heavy atom. The van der Waals surface area contributed by atoms with Gasteiger partial charge in [0.1, 0.15) is 5.82 Å². The molecule has 0 aliphatic carbocycles. The van der Waals surface area contributed by atoms with Gasteiger partial charge < -0.3 is 0 Å². The smallest absolute Gasteiger partial charge is 0.198 e. The van der Waals surface area contributed by atoms with Crippen LogP contribution in [-0.4, -0.2) is 8.42 Å². The summed E-state index contributed by atoms with van der Waals surface area (Å²) < 4.78 is 30.1. The van der Waals surface area contributed by atoms with E-state index in [2.05, 4.69) is 5.14 Å². The number of aryl methyl sites for hydroxylation is 1. The van der Waals surface area contributed by atoms with Gasteiger partial charge in [0.05, 0.1) is 11.6 Å². The van der Waals surface area contributed by atoms with E-state index in [4.69, 9.17) is 13.7 Å². The minimum atomic E-state index is -2.62. The highest BCUT2D eigenvalue weighted by Crippen LogP contribution is 2.10. The van der Waals surface area contributed by atoms with Crippen LogP contribution in [0, 0.1) is 17.1 Å². The molecule has 1 aromatic carbocycles. The minimum Gasteiger partial charge on any atom is -0.231 e. The van der Waals surface area contributed by atoms with Crippen LogP contribution in [0.1, 0.15) is 18.1 Å². The van der Waals surface area contributed by atoms with E-state index in [1.165, 1.54) is 12.1 Å². The second-order valence-electron chi connectivity index (χ2n) is 2.55. The number of nitriles is 1. The lowest BCUT2D eigenvalue weighted by Gasteiger charge is -1.98. The molecule has 0 radical (unpaired) electrons. The highest BCUT2D eigenvalue weighted by molar-refractivity contribution is 7.69. The number of benzene rings is 1. The summed E-state index contributed by atoms with van der Waals surface area (Å²) >= 11 is 0. The molecular weight excluding hydrogens is 219 g/mol. The predicted octanol–water partition coefficient (Wildman–Crippen LogP) is 0.731. The number of hydrogen-bond acceptors (Lipinski definition) is 3. The van der Waals surface area contributed by atoms with Gasteiger partial charge in [-0.15, -0.1) is 0 Å². The average molecular weight is 230 g/mol. The largest absolute Gasteiger partial charge is 0.231 e. The molecule has 0 aliphatic rings. The summed E-state index contributed by atoms with van der Waals surface area (Å²) in [5, 5.41) is 12.6. The minimum absolute atomic E-state index is 0.348. The number of halogens is 1. The van der Waals surface area contributed by atoms with Gasteiger partial charge in [0.2, 0.25) is 0 Å². The third-order valence-electron chi connectivity index (χ3n) is 1.57. The molecule has 0 fully saturated rings. The van der Waals surface area contributed by atoms with Crippen molar-refractivity contribution >= 4 is 10.9 Å². The quantitative estimate of drug-likeness (QED) is 0.697. The number of nitrogens with zero attached hydrogens (tertiary/aromatic N) is 1. The lowest BCUT2D eigenvalue weighted by atomic mass is 10.1. The van der Waals surface area contributed by atoms with Gasteiger partial charge in [0.25, 0.3) is 0 Å². The SMILES string of the molecule is CCc1ccc(F)cc1C#N.N[SH](=O)=O. The van der Waals surface area contributed by atoms with E-state index in [0.29, 0.717) is 5.56 Å². The maximum Gasteiger partial charge on any atom is 0.198 e. The van der Waals surface area contributed by atoms with Crippen LogP contribution in [0.5, 0.6) is 0 Å². The van der Waals surface area contributed by atoms with E-state index in [1.54, 1.807) is 6.07 Å². The maximum absolute atomic E-state index is 12.5. The summed E-state index contributed by atoms with van der Waals surface area (Å²) in [6, 6.07) is 6.23. The molecule has 1 aromatic rings. The van der Waals surface area contributed by atoms with Crippen molar-refractivity contribution in [3.63, 3.8) is 0 Å². The molecule has 0 heterocycles. The van der Waals surface area contributed by atoms with Crippen LogP contribution >= 0.6 is 0 Å². The molecule has 0 saturated heterocycles. The number of rotatable bonds is 1. The van der Waals surface area contributed by atoms with Gasteiger partial charge >= 0.3 is 0 Å². The zero-order chi connectivity index (χ0) is 11.8. The van der Waals surface area contributed by atoms with Crippen LogP contribution in [0.2, 0.25) is 0 Å². The highest BCUT2D eigenvalue weighted by atomic mass is 32.2. The van der Waals surface area contributed by atoms with Crippen molar-refractivity contribution in [1.29, 1.82) is 5.26 Å². The Morgan fingerprint density at radius 3 is 2.47 bits per heavy atom. The molecule has 2 N–H and O–H groups in total. The summed E-state index contributed by atoms with van der Waals surface area (Å²) in [7, 11) is -2.62. The molecule has 0 atom stereocenters. The summed E-state index contributed by atoms with van der Waals surface area (Å²) in [6.07, 6.45) is 0.767. The topological polar surface area (TPSA) is 83.9 Å². The van der Waals surface area contributed by atoms with Crippen molar-refractivity contribution in [3.05, 3.63) is 35.1 Å². The Hall–Kier alpha value is -1.45. The van der Waals surface area contributed by atoms with E-state index < -0.39 is 10.9 Å². The third kappa shape index (κ3) is 5.78. The summed E-state index contributed by atoms with van der Waals surface area (Å²) in [5.41, 5.74) is 1.33. The summed E-state index contributed by atoms with van der Waals surface area (Å²) in [5.74, 6) is -0.348. The summed E-state index contributed by atoms with van der Waals surface area (Å²) in [4.78, 5) is 0. The summed E-state index contributed by atoms with van der Waals surface area (Å²) in [6.45, 7) is 1.94. The van der Waals surface area contributed by atoms with Crippen LogP contribution < -0.4 is 5.14 Å².